The van der Waals surface area contributed by atoms with Crippen LogP contribution in [0.25, 0.3) is 0 Å². The molecule has 1 aliphatic heterocycles. The molecule has 0 radical (unpaired) electrons. The molecule has 0 amide bonds. The van der Waals surface area contributed by atoms with E-state index >= 15 is 0 Å². The number of hydrogen-bond acceptors (Lipinski definition) is 3. The summed E-state index contributed by atoms with van der Waals surface area (Å²) in [5.41, 5.74) is 0.267. The number of carbonyl (C=O) groups excluding carboxylic acids is 1. The number of alkyl halides is 3. The molecule has 0 aromatic heterocycles. The van der Waals surface area contributed by atoms with Gasteiger partial charge in [0.25, 0.3) is 0 Å². The Labute approximate surface area is 91.2 Å². The van der Waals surface area contributed by atoms with Crippen LogP contribution in [-0.4, -0.2) is 31.0 Å². The lowest BCUT2D eigenvalue weighted by Crippen LogP contribution is -2.13. The zero-order valence-corrected chi connectivity index (χ0v) is 8.84. The first-order chi connectivity index (χ1) is 7.29. The van der Waals surface area contributed by atoms with Gasteiger partial charge >= 0.3 is 12.1 Å². The highest BCUT2D eigenvalue weighted by Gasteiger charge is 2.46. The van der Waals surface area contributed by atoms with E-state index in [0.29, 0.717) is 6.42 Å². The van der Waals surface area contributed by atoms with Gasteiger partial charge in [0.1, 0.15) is 0 Å². The minimum Gasteiger partial charge on any atom is -0.462 e. The lowest BCUT2D eigenvalue weighted by atomic mass is 10.2. The van der Waals surface area contributed by atoms with E-state index < -0.39 is 30.8 Å². The number of halogens is 3. The molecule has 0 aliphatic carbocycles. The molecule has 92 valence electrons. The molecule has 16 heavy (non-hydrogen) atoms. The Balaban J connectivity index is 2.10. The van der Waals surface area contributed by atoms with Gasteiger partial charge in [0.05, 0.1) is 25.2 Å². The monoisotopic (exact) mass is 238 g/mol. The first-order valence-corrected chi connectivity index (χ1v) is 4.84. The molecule has 0 bridgehead atoms. The van der Waals surface area contributed by atoms with E-state index in [1.807, 2.05) is 0 Å². The van der Waals surface area contributed by atoms with Crippen LogP contribution in [-0.2, 0) is 14.3 Å². The predicted octanol–water partition coefficient (Wildman–Crippen LogP) is 2.22. The second kappa shape index (κ2) is 4.86. The van der Waals surface area contributed by atoms with Crippen LogP contribution >= 0.6 is 0 Å². The van der Waals surface area contributed by atoms with Crippen molar-refractivity contribution in [3.05, 3.63) is 12.2 Å². The number of rotatable bonds is 5. The number of carbonyl (C=O) groups is 1. The van der Waals surface area contributed by atoms with Gasteiger partial charge in [-0.25, -0.2) is 4.79 Å². The maximum Gasteiger partial charge on any atom is 0.391 e. The van der Waals surface area contributed by atoms with Crippen molar-refractivity contribution in [1.29, 1.82) is 0 Å². The second-order valence-corrected chi connectivity index (χ2v) is 3.74. The number of epoxide rings is 1. The van der Waals surface area contributed by atoms with Gasteiger partial charge in [-0.2, -0.15) is 13.2 Å². The molecule has 0 N–H and O–H groups in total. The Morgan fingerprint density at radius 2 is 2.06 bits per heavy atom. The Bertz CT molecular complexity index is 286. The molecule has 1 saturated heterocycles. The normalized spacial score (nSPS) is 24.0. The van der Waals surface area contributed by atoms with Crippen molar-refractivity contribution >= 4 is 5.97 Å². The summed E-state index contributed by atoms with van der Waals surface area (Å²) in [5, 5.41) is 0. The lowest BCUT2D eigenvalue weighted by molar-refractivity contribution is -0.140. The molecule has 6 heteroatoms. The van der Waals surface area contributed by atoms with E-state index in [1.165, 1.54) is 6.92 Å². The minimum absolute atomic E-state index is 0.0602. The summed E-state index contributed by atoms with van der Waals surface area (Å²) in [7, 11) is 0. The van der Waals surface area contributed by atoms with E-state index in [0.717, 1.165) is 0 Å². The zero-order chi connectivity index (χ0) is 12.3. The highest BCUT2D eigenvalue weighted by Crippen LogP contribution is 2.35. The number of esters is 1. The van der Waals surface area contributed by atoms with E-state index in [-0.39, 0.29) is 12.2 Å². The van der Waals surface area contributed by atoms with Crippen molar-refractivity contribution < 1.29 is 27.4 Å². The van der Waals surface area contributed by atoms with Crippen LogP contribution in [0.1, 0.15) is 19.8 Å². The van der Waals surface area contributed by atoms with Crippen molar-refractivity contribution in [2.75, 3.05) is 6.61 Å². The van der Waals surface area contributed by atoms with Gasteiger partial charge in [-0.3, -0.25) is 0 Å². The fourth-order valence-corrected chi connectivity index (χ4v) is 1.23. The van der Waals surface area contributed by atoms with Crippen molar-refractivity contribution in [2.24, 2.45) is 0 Å². The van der Waals surface area contributed by atoms with Crippen molar-refractivity contribution in [2.45, 2.75) is 38.1 Å². The molecule has 1 fully saturated rings. The van der Waals surface area contributed by atoms with Gasteiger partial charge in [-0.1, -0.05) is 6.58 Å². The summed E-state index contributed by atoms with van der Waals surface area (Å²) >= 11 is 0. The molecule has 1 rings (SSSR count). The first-order valence-electron chi connectivity index (χ1n) is 4.84. The summed E-state index contributed by atoms with van der Waals surface area (Å²) in [6.45, 7) is 4.94. The largest absolute Gasteiger partial charge is 0.462 e. The van der Waals surface area contributed by atoms with Gasteiger partial charge in [0.2, 0.25) is 0 Å². The van der Waals surface area contributed by atoms with E-state index in [2.05, 4.69) is 6.58 Å². The smallest absolute Gasteiger partial charge is 0.391 e. The fraction of sp³-hybridized carbons (Fsp3) is 0.700. The van der Waals surface area contributed by atoms with Crippen molar-refractivity contribution in [3.63, 3.8) is 0 Å². The topological polar surface area (TPSA) is 38.8 Å². The number of ether oxygens (including phenoxy) is 2. The summed E-state index contributed by atoms with van der Waals surface area (Å²) in [4.78, 5) is 10.9. The van der Waals surface area contributed by atoms with Crippen LogP contribution in [0.2, 0.25) is 0 Å². The van der Waals surface area contributed by atoms with Crippen molar-refractivity contribution in [1.82, 2.24) is 0 Å². The Morgan fingerprint density at radius 1 is 1.44 bits per heavy atom. The summed E-state index contributed by atoms with van der Waals surface area (Å²) in [6.07, 6.45) is -6.07. The summed E-state index contributed by atoms with van der Waals surface area (Å²) in [6, 6.07) is 0. The molecule has 0 aromatic rings. The van der Waals surface area contributed by atoms with E-state index in [1.54, 1.807) is 0 Å². The Kier molecular flexibility index (Phi) is 3.96. The van der Waals surface area contributed by atoms with Crippen LogP contribution < -0.4 is 0 Å². The van der Waals surface area contributed by atoms with Gasteiger partial charge in [0.15, 0.2) is 0 Å². The molecule has 0 aromatic carbocycles. The van der Waals surface area contributed by atoms with Gasteiger partial charge < -0.3 is 9.47 Å². The quantitative estimate of drug-likeness (QED) is 0.419. The highest BCUT2D eigenvalue weighted by atomic mass is 19.4. The second-order valence-electron chi connectivity index (χ2n) is 3.74. The molecular weight excluding hydrogens is 225 g/mol. The lowest BCUT2D eigenvalue weighted by Gasteiger charge is -2.03. The van der Waals surface area contributed by atoms with Crippen LogP contribution in [0.5, 0.6) is 0 Å². The predicted molar refractivity (Wildman–Crippen MR) is 49.7 cm³/mol. The van der Waals surface area contributed by atoms with E-state index in [4.69, 9.17) is 9.47 Å². The molecular formula is C10H13F3O3. The highest BCUT2D eigenvalue weighted by molar-refractivity contribution is 5.86. The SMILES string of the molecule is C=C(C)C(=O)OCCC1OC1CC(F)(F)F. The summed E-state index contributed by atoms with van der Waals surface area (Å²) in [5.74, 6) is -0.534. The van der Waals surface area contributed by atoms with Gasteiger partial charge in [-0.15, -0.1) is 0 Å². The minimum atomic E-state index is -4.20. The zero-order valence-electron chi connectivity index (χ0n) is 8.84. The molecule has 0 spiro atoms. The number of hydrogen-bond donors (Lipinski definition) is 0. The van der Waals surface area contributed by atoms with Crippen LogP contribution in [0.15, 0.2) is 12.2 Å². The molecule has 1 heterocycles. The fourth-order valence-electron chi connectivity index (χ4n) is 1.23. The van der Waals surface area contributed by atoms with Crippen LogP contribution in [0, 0.1) is 0 Å². The van der Waals surface area contributed by atoms with Gasteiger partial charge in [-0.05, 0) is 6.92 Å². The average molecular weight is 238 g/mol. The maximum atomic E-state index is 11.9. The molecule has 1 aliphatic rings. The van der Waals surface area contributed by atoms with Crippen LogP contribution in [0.3, 0.4) is 0 Å². The van der Waals surface area contributed by atoms with Gasteiger partial charge in [0, 0.05) is 12.0 Å². The third kappa shape index (κ3) is 4.65. The Hall–Kier alpha value is -1.04. The summed E-state index contributed by atoms with van der Waals surface area (Å²) < 4.78 is 45.2. The first kappa shape index (κ1) is 13.0. The van der Waals surface area contributed by atoms with E-state index in [9.17, 15) is 18.0 Å². The Morgan fingerprint density at radius 3 is 2.56 bits per heavy atom. The standard InChI is InChI=1S/C10H13F3O3/c1-6(2)9(14)15-4-3-7-8(16-7)5-10(11,12)13/h7-8H,1,3-5H2,2H3. The third-order valence-electron chi connectivity index (χ3n) is 2.10. The van der Waals surface area contributed by atoms with Crippen molar-refractivity contribution in [3.8, 4) is 0 Å². The third-order valence-corrected chi connectivity index (χ3v) is 2.10. The molecule has 2 atom stereocenters. The van der Waals surface area contributed by atoms with Crippen LogP contribution in [0.4, 0.5) is 13.2 Å². The molecule has 3 nitrogen and oxygen atoms in total. The average Bonchev–Trinajstić information content (AvgIpc) is 2.80. The maximum absolute atomic E-state index is 11.9. The molecule has 2 unspecified atom stereocenters. The molecule has 0 saturated carbocycles.